The van der Waals surface area contributed by atoms with Crippen molar-refractivity contribution in [2.24, 2.45) is 0 Å². The third kappa shape index (κ3) is 5.74. The third-order valence-corrected chi connectivity index (χ3v) is 12.1. The van der Waals surface area contributed by atoms with Crippen molar-refractivity contribution in [2.75, 3.05) is 0 Å². The van der Waals surface area contributed by atoms with Crippen LogP contribution in [-0.4, -0.2) is 0 Å². The minimum atomic E-state index is 1.24. The Labute approximate surface area is 273 Å². The van der Waals surface area contributed by atoms with Crippen molar-refractivity contribution in [2.45, 2.75) is 13.8 Å². The average molecular weight is 637 g/mol. The molecule has 0 nitrogen and oxygen atoms in total. The molecule has 0 saturated heterocycles. The van der Waals surface area contributed by atoms with Gasteiger partial charge in [0.1, 0.15) is 0 Å². The lowest BCUT2D eigenvalue weighted by Gasteiger charge is -1.93. The Bertz CT molecular complexity index is 2110. The lowest BCUT2D eigenvalue weighted by atomic mass is 10.1. The average Bonchev–Trinajstić information content (AvgIpc) is 3.80. The highest BCUT2D eigenvalue weighted by Crippen LogP contribution is 2.37. The van der Waals surface area contributed by atoms with Crippen LogP contribution in [0.5, 0.6) is 0 Å². The van der Waals surface area contributed by atoms with Crippen molar-refractivity contribution >= 4 is 122 Å². The van der Waals surface area contributed by atoms with E-state index < -0.39 is 0 Å². The van der Waals surface area contributed by atoms with Gasteiger partial charge in [-0.1, -0.05) is 71.8 Å². The van der Waals surface area contributed by atoms with Crippen molar-refractivity contribution < 1.29 is 0 Å². The molecule has 0 atom stereocenters. The van der Waals surface area contributed by atoms with Gasteiger partial charge in [-0.2, -0.15) is 0 Å². The highest BCUT2D eigenvalue weighted by Gasteiger charge is 2.08. The van der Waals surface area contributed by atoms with Gasteiger partial charge in [-0.25, -0.2) is 0 Å². The zero-order valence-electron chi connectivity index (χ0n) is 24.3. The summed E-state index contributed by atoms with van der Waals surface area (Å²) in [5.41, 5.74) is 5.05. The molecule has 4 heterocycles. The molecule has 0 amide bonds. The Morgan fingerprint density at radius 3 is 0.909 bits per heavy atom. The van der Waals surface area contributed by atoms with E-state index in [1.54, 1.807) is 0 Å². The molecule has 0 unspecified atom stereocenters. The first-order valence-corrected chi connectivity index (χ1v) is 17.9. The monoisotopic (exact) mass is 636 g/mol. The SMILES string of the molecule is Cc1ccc(/C=C/c2cc3cc4sc(/C=C/c5cc6cc7sc(/C=C/c8ccc(C)cc8)cc7cc6s5)cc4cc3s2)cc1. The van der Waals surface area contributed by atoms with E-state index >= 15 is 0 Å². The second kappa shape index (κ2) is 11.5. The van der Waals surface area contributed by atoms with Crippen LogP contribution in [0, 0.1) is 13.8 Å². The first-order chi connectivity index (χ1) is 21.5. The van der Waals surface area contributed by atoms with Crippen LogP contribution in [0.3, 0.4) is 0 Å². The molecule has 0 aliphatic heterocycles. The molecule has 0 N–H and O–H groups in total. The number of benzene rings is 4. The molecule has 4 aromatic heterocycles. The van der Waals surface area contributed by atoms with Crippen LogP contribution in [0.1, 0.15) is 41.8 Å². The molecule has 212 valence electrons. The molecule has 0 bridgehead atoms. The molecule has 4 aromatic carbocycles. The van der Waals surface area contributed by atoms with Crippen molar-refractivity contribution in [3.05, 3.63) is 139 Å². The van der Waals surface area contributed by atoms with E-state index in [1.165, 1.54) is 82.1 Å². The van der Waals surface area contributed by atoms with Crippen LogP contribution in [0.4, 0.5) is 0 Å². The maximum atomic E-state index is 2.35. The van der Waals surface area contributed by atoms with E-state index in [0.717, 1.165) is 0 Å². The van der Waals surface area contributed by atoms with Gasteiger partial charge in [-0.15, -0.1) is 45.3 Å². The Morgan fingerprint density at radius 2 is 0.614 bits per heavy atom. The minimum absolute atomic E-state index is 1.24. The highest BCUT2D eigenvalue weighted by molar-refractivity contribution is 7.22. The van der Waals surface area contributed by atoms with Gasteiger partial charge in [0, 0.05) is 38.3 Å². The highest BCUT2D eigenvalue weighted by atomic mass is 32.1. The Kier molecular flexibility index (Phi) is 7.16. The summed E-state index contributed by atoms with van der Waals surface area (Å²) >= 11 is 7.45. The fraction of sp³-hybridized carbons (Fsp3) is 0.0500. The summed E-state index contributed by atoms with van der Waals surface area (Å²) in [5.74, 6) is 0. The number of thiophene rings is 4. The zero-order chi connectivity index (χ0) is 29.6. The Balaban J connectivity index is 0.999. The van der Waals surface area contributed by atoms with Crippen molar-refractivity contribution in [3.8, 4) is 0 Å². The van der Waals surface area contributed by atoms with Gasteiger partial charge in [-0.05, 0) is 119 Å². The number of rotatable bonds is 6. The van der Waals surface area contributed by atoms with Crippen LogP contribution in [-0.2, 0) is 0 Å². The summed E-state index contributed by atoms with van der Waals surface area (Å²) in [7, 11) is 0. The largest absolute Gasteiger partial charge is 0.136 e. The maximum absolute atomic E-state index is 2.35. The van der Waals surface area contributed by atoms with Gasteiger partial charge in [0.2, 0.25) is 0 Å². The van der Waals surface area contributed by atoms with Gasteiger partial charge in [0.05, 0.1) is 0 Å². The molecular formula is C40H28S4. The number of fused-ring (bicyclic) bond motifs is 4. The first kappa shape index (κ1) is 27.5. The molecule has 44 heavy (non-hydrogen) atoms. The topological polar surface area (TPSA) is 0 Å². The summed E-state index contributed by atoms with van der Waals surface area (Å²) in [6.45, 7) is 4.25. The molecule has 4 heteroatoms. The van der Waals surface area contributed by atoms with Crippen molar-refractivity contribution in [1.82, 2.24) is 0 Å². The minimum Gasteiger partial charge on any atom is -0.136 e. The molecule has 0 spiro atoms. The first-order valence-electron chi connectivity index (χ1n) is 14.6. The van der Waals surface area contributed by atoms with Crippen LogP contribution in [0.15, 0.2) is 97.1 Å². The quantitative estimate of drug-likeness (QED) is 0.170. The van der Waals surface area contributed by atoms with E-state index in [0.29, 0.717) is 0 Å². The maximum Gasteiger partial charge on any atom is 0.0356 e. The Morgan fingerprint density at radius 1 is 0.341 bits per heavy atom. The summed E-state index contributed by atoms with van der Waals surface area (Å²) in [5, 5.41) is 5.28. The Hall–Kier alpha value is -4.06. The van der Waals surface area contributed by atoms with E-state index in [9.17, 15) is 0 Å². The second-order valence-electron chi connectivity index (χ2n) is 11.3. The third-order valence-electron chi connectivity index (χ3n) is 7.83. The molecule has 0 radical (unpaired) electrons. The molecule has 0 fully saturated rings. The molecule has 0 saturated carbocycles. The second-order valence-corrected chi connectivity index (χ2v) is 15.7. The lowest BCUT2D eigenvalue weighted by molar-refractivity contribution is 1.46. The van der Waals surface area contributed by atoms with Gasteiger partial charge >= 0.3 is 0 Å². The van der Waals surface area contributed by atoms with Crippen molar-refractivity contribution in [3.63, 3.8) is 0 Å². The summed E-state index contributed by atoms with van der Waals surface area (Å²) in [6.07, 6.45) is 13.4. The predicted octanol–water partition coefficient (Wildman–Crippen LogP) is 13.7. The summed E-state index contributed by atoms with van der Waals surface area (Å²) < 4.78 is 5.36. The lowest BCUT2D eigenvalue weighted by Crippen LogP contribution is -1.72. The molecular weight excluding hydrogens is 609 g/mol. The summed E-state index contributed by atoms with van der Waals surface area (Å²) in [4.78, 5) is 5.16. The number of hydrogen-bond acceptors (Lipinski definition) is 4. The normalized spacial score (nSPS) is 12.5. The van der Waals surface area contributed by atoms with Gasteiger partial charge in [0.15, 0.2) is 0 Å². The van der Waals surface area contributed by atoms with E-state index in [-0.39, 0.29) is 0 Å². The molecule has 0 aliphatic carbocycles. The fourth-order valence-electron chi connectivity index (χ4n) is 5.43. The van der Waals surface area contributed by atoms with Gasteiger partial charge in [0.25, 0.3) is 0 Å². The predicted molar refractivity (Wildman–Crippen MR) is 204 cm³/mol. The summed E-state index contributed by atoms with van der Waals surface area (Å²) in [6, 6.07) is 36.0. The van der Waals surface area contributed by atoms with Gasteiger partial charge in [-0.3, -0.25) is 0 Å². The van der Waals surface area contributed by atoms with Crippen molar-refractivity contribution in [1.29, 1.82) is 0 Å². The molecule has 0 aliphatic rings. The molecule has 8 aromatic rings. The number of hydrogen-bond donors (Lipinski definition) is 0. The standard InChI is InChI=1S/C40H28S4/c1-25-3-7-27(8-4-25)11-13-33-17-29-21-39-31(23-37(29)41-33)19-35(43-39)15-16-36-20-32-24-38-30(22-40(32)44-36)18-34(42-38)14-12-28-9-5-26(2)6-10-28/h3-24H,1-2H3/b13-11+,14-12+,16-15+. The van der Waals surface area contributed by atoms with Crippen LogP contribution < -0.4 is 0 Å². The zero-order valence-corrected chi connectivity index (χ0v) is 27.6. The van der Waals surface area contributed by atoms with E-state index in [4.69, 9.17) is 0 Å². The fourth-order valence-corrected chi connectivity index (χ4v) is 9.42. The van der Waals surface area contributed by atoms with Crippen LogP contribution in [0.2, 0.25) is 0 Å². The van der Waals surface area contributed by atoms with Crippen LogP contribution in [0.25, 0.3) is 76.8 Å². The smallest absolute Gasteiger partial charge is 0.0356 e. The van der Waals surface area contributed by atoms with E-state index in [2.05, 4.69) is 147 Å². The molecule has 8 rings (SSSR count). The number of aryl methyl sites for hydroxylation is 2. The van der Waals surface area contributed by atoms with Crippen LogP contribution >= 0.6 is 45.3 Å². The van der Waals surface area contributed by atoms with Gasteiger partial charge < -0.3 is 0 Å². The van der Waals surface area contributed by atoms with E-state index in [1.807, 2.05) is 45.3 Å².